The lowest BCUT2D eigenvalue weighted by Crippen LogP contribution is -2.30. The zero-order valence-corrected chi connectivity index (χ0v) is 21.4. The van der Waals surface area contributed by atoms with Crippen molar-refractivity contribution in [1.82, 2.24) is 0 Å². The topological polar surface area (TPSA) is 0 Å². The van der Waals surface area contributed by atoms with E-state index < -0.39 is 0 Å². The quantitative estimate of drug-likeness (QED) is 0.202. The summed E-state index contributed by atoms with van der Waals surface area (Å²) in [5.74, 6) is 10.5. The molecule has 2 aromatic rings. The van der Waals surface area contributed by atoms with Crippen molar-refractivity contribution in [2.24, 2.45) is 17.8 Å². The number of unbranched alkanes of at least 4 members (excludes halogenated alkanes) is 3. The second kappa shape index (κ2) is 13.0. The van der Waals surface area contributed by atoms with Crippen LogP contribution >= 0.6 is 0 Å². The standard InChI is InChI=1S/C34H44/c1-3-5-7-8-10-30-19-22-34-26-33(24-23-32(34)25-30)31-20-17-29(18-21-31)16-15-28-13-11-27(12-14-28)9-6-4-2/h4,11-14,17-18,20-21,30,32-34H,2-3,5-10,19,22-26H2,1H3/t30?,32-,33-,34-/m1/s1. The first-order chi connectivity index (χ1) is 16.7. The van der Waals surface area contributed by atoms with Gasteiger partial charge in [-0.15, -0.1) is 6.58 Å². The fraction of sp³-hybridized carbons (Fsp3) is 0.529. The van der Waals surface area contributed by atoms with E-state index in [1.165, 1.54) is 81.8 Å². The number of hydrogen-bond acceptors (Lipinski definition) is 0. The Balaban J connectivity index is 1.27. The molecule has 2 saturated carbocycles. The highest BCUT2D eigenvalue weighted by molar-refractivity contribution is 5.44. The molecular weight excluding hydrogens is 408 g/mol. The third-order valence-corrected chi connectivity index (χ3v) is 8.51. The zero-order valence-electron chi connectivity index (χ0n) is 21.4. The molecule has 180 valence electrons. The molecule has 0 bridgehead atoms. The van der Waals surface area contributed by atoms with E-state index in [1.807, 2.05) is 6.08 Å². The van der Waals surface area contributed by atoms with Crippen molar-refractivity contribution in [3.63, 3.8) is 0 Å². The maximum Gasteiger partial charge on any atom is 0.0249 e. The first-order valence-electron chi connectivity index (χ1n) is 14.1. The van der Waals surface area contributed by atoms with Gasteiger partial charge in [0.05, 0.1) is 0 Å². The van der Waals surface area contributed by atoms with E-state index in [2.05, 4.69) is 73.9 Å². The summed E-state index contributed by atoms with van der Waals surface area (Å²) in [6.07, 6.45) is 20.0. The molecule has 0 aliphatic heterocycles. The Hall–Kier alpha value is -2.26. The Morgan fingerprint density at radius 2 is 1.47 bits per heavy atom. The molecule has 0 aromatic heterocycles. The molecule has 0 heteroatoms. The van der Waals surface area contributed by atoms with Crippen molar-refractivity contribution in [2.75, 3.05) is 0 Å². The first kappa shape index (κ1) is 24.9. The van der Waals surface area contributed by atoms with Gasteiger partial charge in [-0.2, -0.15) is 0 Å². The highest BCUT2D eigenvalue weighted by atomic mass is 14.4. The highest BCUT2D eigenvalue weighted by Gasteiger charge is 2.35. The minimum Gasteiger partial charge on any atom is -0.103 e. The predicted octanol–water partition coefficient (Wildman–Crippen LogP) is 9.48. The molecule has 34 heavy (non-hydrogen) atoms. The van der Waals surface area contributed by atoms with Gasteiger partial charge in [-0.05, 0) is 104 Å². The van der Waals surface area contributed by atoms with Crippen molar-refractivity contribution in [3.8, 4) is 11.8 Å². The average molecular weight is 453 g/mol. The number of benzene rings is 2. The summed E-state index contributed by atoms with van der Waals surface area (Å²) in [6.45, 7) is 6.12. The Morgan fingerprint density at radius 3 is 2.18 bits per heavy atom. The molecule has 2 aliphatic rings. The monoisotopic (exact) mass is 452 g/mol. The third kappa shape index (κ3) is 7.12. The SMILES string of the molecule is C=CCCc1ccc(C#Cc2ccc([C@@H]3CC[C@@H]4CC(CCCCCC)CC[C@@H]4C3)cc2)cc1. The molecule has 1 unspecified atom stereocenters. The van der Waals surface area contributed by atoms with Gasteiger partial charge < -0.3 is 0 Å². The van der Waals surface area contributed by atoms with Gasteiger partial charge in [0.25, 0.3) is 0 Å². The molecule has 0 radical (unpaired) electrons. The van der Waals surface area contributed by atoms with Crippen LogP contribution in [0.5, 0.6) is 0 Å². The number of allylic oxidation sites excluding steroid dienone is 1. The number of fused-ring (bicyclic) bond motifs is 1. The molecule has 0 spiro atoms. The van der Waals surface area contributed by atoms with Gasteiger partial charge in [-0.1, -0.05) is 87.6 Å². The van der Waals surface area contributed by atoms with Gasteiger partial charge >= 0.3 is 0 Å². The van der Waals surface area contributed by atoms with Crippen molar-refractivity contribution >= 4 is 0 Å². The smallest absolute Gasteiger partial charge is 0.0249 e. The van der Waals surface area contributed by atoms with Crippen molar-refractivity contribution in [1.29, 1.82) is 0 Å². The maximum atomic E-state index is 3.80. The summed E-state index contributed by atoms with van der Waals surface area (Å²) in [5, 5.41) is 0. The van der Waals surface area contributed by atoms with Gasteiger partial charge in [0.2, 0.25) is 0 Å². The predicted molar refractivity (Wildman–Crippen MR) is 147 cm³/mol. The molecule has 2 fully saturated rings. The van der Waals surface area contributed by atoms with E-state index in [4.69, 9.17) is 0 Å². The Labute approximate surface area is 209 Å². The number of aryl methyl sites for hydroxylation is 1. The van der Waals surface area contributed by atoms with Crippen LogP contribution in [0, 0.1) is 29.6 Å². The molecule has 0 heterocycles. The number of rotatable bonds is 9. The minimum atomic E-state index is 0.757. The van der Waals surface area contributed by atoms with Crippen LogP contribution in [0.2, 0.25) is 0 Å². The molecule has 0 saturated heterocycles. The molecular formula is C34H44. The summed E-state index contributed by atoms with van der Waals surface area (Å²) < 4.78 is 0. The summed E-state index contributed by atoms with van der Waals surface area (Å²) in [7, 11) is 0. The lowest BCUT2D eigenvalue weighted by atomic mass is 9.63. The average Bonchev–Trinajstić information content (AvgIpc) is 2.89. The van der Waals surface area contributed by atoms with Crippen LogP contribution in [0.25, 0.3) is 0 Å². The van der Waals surface area contributed by atoms with Gasteiger partial charge in [-0.3, -0.25) is 0 Å². The van der Waals surface area contributed by atoms with Gasteiger partial charge in [0.1, 0.15) is 0 Å². The molecule has 2 aliphatic carbocycles. The second-order valence-corrected chi connectivity index (χ2v) is 11.0. The van der Waals surface area contributed by atoms with Crippen LogP contribution in [0.3, 0.4) is 0 Å². The molecule has 0 nitrogen and oxygen atoms in total. The van der Waals surface area contributed by atoms with Crippen LogP contribution in [0.4, 0.5) is 0 Å². The summed E-state index contributed by atoms with van der Waals surface area (Å²) in [6, 6.07) is 17.8. The van der Waals surface area contributed by atoms with Crippen molar-refractivity contribution in [2.45, 2.75) is 96.3 Å². The summed E-state index contributed by atoms with van der Waals surface area (Å²) in [5.41, 5.74) is 5.10. The molecule has 2 aromatic carbocycles. The van der Waals surface area contributed by atoms with Crippen molar-refractivity contribution < 1.29 is 0 Å². The summed E-state index contributed by atoms with van der Waals surface area (Å²) in [4.78, 5) is 0. The summed E-state index contributed by atoms with van der Waals surface area (Å²) >= 11 is 0. The van der Waals surface area contributed by atoms with Crippen LogP contribution in [0.15, 0.2) is 61.2 Å². The fourth-order valence-corrected chi connectivity index (χ4v) is 6.42. The van der Waals surface area contributed by atoms with Gasteiger partial charge in [-0.25, -0.2) is 0 Å². The normalized spacial score (nSPS) is 24.0. The van der Waals surface area contributed by atoms with Crippen LogP contribution in [-0.4, -0.2) is 0 Å². The van der Waals surface area contributed by atoms with Crippen LogP contribution in [0.1, 0.15) is 112 Å². The van der Waals surface area contributed by atoms with Crippen molar-refractivity contribution in [3.05, 3.63) is 83.4 Å². The van der Waals surface area contributed by atoms with E-state index in [0.29, 0.717) is 0 Å². The molecule has 4 atom stereocenters. The van der Waals surface area contributed by atoms with Crippen LogP contribution in [-0.2, 0) is 6.42 Å². The molecule has 4 rings (SSSR count). The minimum absolute atomic E-state index is 0.757. The lowest BCUT2D eigenvalue weighted by molar-refractivity contribution is 0.113. The molecule has 0 amide bonds. The van der Waals surface area contributed by atoms with E-state index in [-0.39, 0.29) is 0 Å². The fourth-order valence-electron chi connectivity index (χ4n) is 6.42. The van der Waals surface area contributed by atoms with E-state index in [1.54, 1.807) is 0 Å². The first-order valence-corrected chi connectivity index (χ1v) is 14.1. The number of hydrogen-bond donors (Lipinski definition) is 0. The van der Waals surface area contributed by atoms with E-state index in [9.17, 15) is 0 Å². The van der Waals surface area contributed by atoms with Crippen LogP contribution < -0.4 is 0 Å². The third-order valence-electron chi connectivity index (χ3n) is 8.51. The second-order valence-electron chi connectivity index (χ2n) is 11.0. The maximum absolute atomic E-state index is 3.80. The zero-order chi connectivity index (χ0) is 23.6. The molecule has 0 N–H and O–H groups in total. The highest BCUT2D eigenvalue weighted by Crippen LogP contribution is 2.48. The van der Waals surface area contributed by atoms with Gasteiger partial charge in [0, 0.05) is 11.1 Å². The largest absolute Gasteiger partial charge is 0.103 e. The Morgan fingerprint density at radius 1 is 0.794 bits per heavy atom. The van der Waals surface area contributed by atoms with E-state index in [0.717, 1.165) is 47.6 Å². The Bertz CT molecular complexity index is 936. The Kier molecular flexibility index (Phi) is 9.50. The van der Waals surface area contributed by atoms with Gasteiger partial charge in [0.15, 0.2) is 0 Å². The lowest BCUT2D eigenvalue weighted by Gasteiger charge is -2.42. The van der Waals surface area contributed by atoms with E-state index >= 15 is 0 Å².